The van der Waals surface area contributed by atoms with Gasteiger partial charge in [-0.15, -0.1) is 11.3 Å². The molecular weight excluding hydrogens is 412 g/mol. The highest BCUT2D eigenvalue weighted by molar-refractivity contribution is 7.09. The first-order chi connectivity index (χ1) is 15.0. The summed E-state index contributed by atoms with van der Waals surface area (Å²) in [6.07, 6.45) is 3.17. The molecule has 0 fully saturated rings. The fourth-order valence-electron chi connectivity index (χ4n) is 3.07. The molecule has 0 spiro atoms. The lowest BCUT2D eigenvalue weighted by molar-refractivity contribution is -0.111. The van der Waals surface area contributed by atoms with Gasteiger partial charge in [0, 0.05) is 34.7 Å². The van der Waals surface area contributed by atoms with Crippen LogP contribution in [0.15, 0.2) is 69.2 Å². The van der Waals surface area contributed by atoms with E-state index in [0.717, 1.165) is 33.0 Å². The summed E-state index contributed by atoms with van der Waals surface area (Å²) in [6.45, 7) is 4.23. The second kappa shape index (κ2) is 8.97. The number of nitrogens with zero attached hydrogens (tertiary/aromatic N) is 1. The molecule has 1 N–H and O–H groups in total. The highest BCUT2D eigenvalue weighted by Crippen LogP contribution is 2.21. The molecule has 156 valence electrons. The van der Waals surface area contributed by atoms with Crippen molar-refractivity contribution in [2.75, 3.05) is 5.32 Å². The number of amides is 1. The van der Waals surface area contributed by atoms with E-state index in [1.807, 2.05) is 49.6 Å². The molecule has 2 heterocycles. The highest BCUT2D eigenvalue weighted by Gasteiger charge is 2.05. The number of rotatable bonds is 6. The molecule has 2 aromatic carbocycles. The monoisotopic (exact) mass is 432 g/mol. The maximum atomic E-state index is 12.3. The summed E-state index contributed by atoms with van der Waals surface area (Å²) in [4.78, 5) is 28.2. The first-order valence-electron chi connectivity index (χ1n) is 9.64. The normalized spacial score (nSPS) is 11.2. The number of hydrogen-bond donors (Lipinski definition) is 1. The average Bonchev–Trinajstić information content (AvgIpc) is 3.16. The fourth-order valence-corrected chi connectivity index (χ4v) is 3.66. The lowest BCUT2D eigenvalue weighted by atomic mass is 10.1. The summed E-state index contributed by atoms with van der Waals surface area (Å²) in [6, 6.07) is 14.1. The molecule has 0 saturated carbocycles. The number of nitrogens with one attached hydrogen (secondary N) is 1. The van der Waals surface area contributed by atoms with Crippen LogP contribution in [0.1, 0.15) is 21.8 Å². The summed E-state index contributed by atoms with van der Waals surface area (Å²) in [5.74, 6) is 0.453. The number of carbonyl (C=O) groups is 1. The number of ether oxygens (including phenoxy) is 1. The van der Waals surface area contributed by atoms with Crippen LogP contribution in [0.3, 0.4) is 0 Å². The van der Waals surface area contributed by atoms with Gasteiger partial charge < -0.3 is 14.5 Å². The molecule has 31 heavy (non-hydrogen) atoms. The van der Waals surface area contributed by atoms with Gasteiger partial charge in [0.15, 0.2) is 0 Å². The van der Waals surface area contributed by atoms with Crippen molar-refractivity contribution in [3.63, 3.8) is 0 Å². The predicted octanol–water partition coefficient (Wildman–Crippen LogP) is 5.10. The van der Waals surface area contributed by atoms with E-state index in [9.17, 15) is 9.59 Å². The van der Waals surface area contributed by atoms with Crippen molar-refractivity contribution in [2.45, 2.75) is 20.5 Å². The molecule has 0 bridgehead atoms. The molecule has 0 aliphatic carbocycles. The minimum atomic E-state index is -0.414. The van der Waals surface area contributed by atoms with E-state index in [4.69, 9.17) is 9.15 Å². The lowest BCUT2D eigenvalue weighted by Gasteiger charge is -2.05. The SMILES string of the molecule is Cc1nc(COc2ccc(/C=C/C(=O)Nc3ccc4c(C)cc(=O)oc4c3)cc2)cs1. The van der Waals surface area contributed by atoms with E-state index in [-0.39, 0.29) is 5.91 Å². The fraction of sp³-hybridized carbons (Fsp3) is 0.125. The molecule has 1 amide bonds. The topological polar surface area (TPSA) is 81.4 Å². The number of anilines is 1. The van der Waals surface area contributed by atoms with Crippen LogP contribution in [0.25, 0.3) is 17.0 Å². The third kappa shape index (κ3) is 5.26. The van der Waals surface area contributed by atoms with Crippen LogP contribution in [0.4, 0.5) is 5.69 Å². The summed E-state index contributed by atoms with van der Waals surface area (Å²) in [5, 5.41) is 6.61. The molecule has 0 aliphatic heterocycles. The Morgan fingerprint density at radius 2 is 1.97 bits per heavy atom. The second-order valence-corrected chi connectivity index (χ2v) is 8.06. The van der Waals surface area contributed by atoms with Gasteiger partial charge in [-0.05, 0) is 55.3 Å². The Balaban J connectivity index is 1.36. The van der Waals surface area contributed by atoms with Crippen molar-refractivity contribution in [2.24, 2.45) is 0 Å². The molecule has 0 saturated heterocycles. The third-order valence-corrected chi connectivity index (χ3v) is 5.40. The Morgan fingerprint density at radius 1 is 1.16 bits per heavy atom. The maximum absolute atomic E-state index is 12.3. The summed E-state index contributed by atoms with van der Waals surface area (Å²) in [5.41, 5.74) is 3.19. The number of thiazole rings is 1. The molecule has 0 atom stereocenters. The third-order valence-electron chi connectivity index (χ3n) is 4.58. The second-order valence-electron chi connectivity index (χ2n) is 7.00. The van der Waals surface area contributed by atoms with Gasteiger partial charge in [0.25, 0.3) is 0 Å². The van der Waals surface area contributed by atoms with E-state index >= 15 is 0 Å². The molecule has 6 nitrogen and oxygen atoms in total. The predicted molar refractivity (Wildman–Crippen MR) is 123 cm³/mol. The van der Waals surface area contributed by atoms with Crippen LogP contribution < -0.4 is 15.7 Å². The van der Waals surface area contributed by atoms with Gasteiger partial charge in [-0.2, -0.15) is 0 Å². The molecule has 7 heteroatoms. The van der Waals surface area contributed by atoms with Crippen LogP contribution in [0, 0.1) is 13.8 Å². The van der Waals surface area contributed by atoms with Crippen LogP contribution in [-0.4, -0.2) is 10.9 Å². The summed E-state index contributed by atoms with van der Waals surface area (Å²) in [7, 11) is 0. The van der Waals surface area contributed by atoms with E-state index < -0.39 is 5.63 Å². The molecule has 4 aromatic rings. The smallest absolute Gasteiger partial charge is 0.336 e. The standard InChI is InChI=1S/C24H20N2O4S/c1-15-11-24(28)30-22-12-18(6-9-21(15)22)26-23(27)10-5-17-3-7-20(8-4-17)29-13-19-14-31-16(2)25-19/h3-12,14H,13H2,1-2H3,(H,26,27)/b10-5+. The lowest BCUT2D eigenvalue weighted by Crippen LogP contribution is -2.08. The first-order valence-corrected chi connectivity index (χ1v) is 10.5. The largest absolute Gasteiger partial charge is 0.487 e. The van der Waals surface area contributed by atoms with Crippen LogP contribution in [0.5, 0.6) is 5.75 Å². The van der Waals surface area contributed by atoms with E-state index in [1.165, 1.54) is 12.1 Å². The maximum Gasteiger partial charge on any atom is 0.336 e. The van der Waals surface area contributed by atoms with E-state index in [1.54, 1.807) is 29.5 Å². The zero-order valence-corrected chi connectivity index (χ0v) is 17.9. The van der Waals surface area contributed by atoms with Gasteiger partial charge in [-0.25, -0.2) is 9.78 Å². The van der Waals surface area contributed by atoms with Crippen LogP contribution in [-0.2, 0) is 11.4 Å². The van der Waals surface area contributed by atoms with Crippen molar-refractivity contribution >= 4 is 40.0 Å². The molecule has 2 aromatic heterocycles. The van der Waals surface area contributed by atoms with Crippen molar-refractivity contribution in [1.82, 2.24) is 4.98 Å². The van der Waals surface area contributed by atoms with Crippen molar-refractivity contribution < 1.29 is 13.9 Å². The average molecular weight is 433 g/mol. The first kappa shape index (κ1) is 20.6. The zero-order valence-electron chi connectivity index (χ0n) is 17.0. The van der Waals surface area contributed by atoms with Crippen molar-refractivity contribution in [3.05, 3.63) is 92.2 Å². The number of hydrogen-bond acceptors (Lipinski definition) is 6. The van der Waals surface area contributed by atoms with Gasteiger partial charge in [-0.1, -0.05) is 12.1 Å². The summed E-state index contributed by atoms with van der Waals surface area (Å²) >= 11 is 1.60. The number of carbonyl (C=O) groups excluding carboxylic acids is 1. The minimum Gasteiger partial charge on any atom is -0.487 e. The number of fused-ring (bicyclic) bond motifs is 1. The van der Waals surface area contributed by atoms with Gasteiger partial charge in [0.1, 0.15) is 17.9 Å². The molecule has 4 rings (SSSR count). The van der Waals surface area contributed by atoms with E-state index in [0.29, 0.717) is 17.9 Å². The number of benzene rings is 2. The van der Waals surface area contributed by atoms with Gasteiger partial charge >= 0.3 is 5.63 Å². The number of aryl methyl sites for hydroxylation is 2. The summed E-state index contributed by atoms with van der Waals surface area (Å²) < 4.78 is 10.9. The molecular formula is C24H20N2O4S. The Bertz CT molecular complexity index is 1320. The molecule has 0 aliphatic rings. The Hall–Kier alpha value is -3.71. The minimum absolute atomic E-state index is 0.284. The van der Waals surface area contributed by atoms with Crippen LogP contribution in [0.2, 0.25) is 0 Å². The van der Waals surface area contributed by atoms with E-state index in [2.05, 4.69) is 10.3 Å². The number of aromatic nitrogens is 1. The van der Waals surface area contributed by atoms with Gasteiger partial charge in [-0.3, -0.25) is 4.79 Å². The van der Waals surface area contributed by atoms with Crippen molar-refractivity contribution in [1.29, 1.82) is 0 Å². The van der Waals surface area contributed by atoms with Gasteiger partial charge in [0.05, 0.1) is 10.7 Å². The van der Waals surface area contributed by atoms with Crippen molar-refractivity contribution in [3.8, 4) is 5.75 Å². The quantitative estimate of drug-likeness (QED) is 0.339. The Morgan fingerprint density at radius 3 is 2.71 bits per heavy atom. The molecule has 0 unspecified atom stereocenters. The molecule has 0 radical (unpaired) electrons. The highest BCUT2D eigenvalue weighted by atomic mass is 32.1. The zero-order chi connectivity index (χ0) is 21.8. The Labute approximate surface area is 182 Å². The van der Waals surface area contributed by atoms with Gasteiger partial charge in [0.2, 0.25) is 5.91 Å². The van der Waals surface area contributed by atoms with Crippen LogP contribution >= 0.6 is 11.3 Å². The Kier molecular flexibility index (Phi) is 5.95.